The third kappa shape index (κ3) is 4.60. The lowest BCUT2D eigenvalue weighted by Gasteiger charge is -2.12. The predicted octanol–water partition coefficient (Wildman–Crippen LogP) is 2.45. The van der Waals surface area contributed by atoms with E-state index >= 15 is 0 Å². The number of nitrogens with two attached hydrogens (primary N) is 2. The molecule has 0 saturated heterocycles. The van der Waals surface area contributed by atoms with Gasteiger partial charge in [-0.05, 0) is 31.9 Å². The van der Waals surface area contributed by atoms with Gasteiger partial charge in [-0.3, -0.25) is 10.1 Å². The minimum absolute atomic E-state index is 0. The molecule has 0 unspecified atom stereocenters. The molecule has 0 saturated carbocycles. The molecule has 1 rings (SSSR count). The van der Waals surface area contributed by atoms with Crippen LogP contribution in [-0.4, -0.2) is 11.5 Å². The Labute approximate surface area is 113 Å². The van der Waals surface area contributed by atoms with Gasteiger partial charge < -0.3 is 11.5 Å². The molecule has 0 aliphatic carbocycles. The fourth-order valence-corrected chi connectivity index (χ4v) is 1.73. The zero-order chi connectivity index (χ0) is 12.8. The lowest BCUT2D eigenvalue weighted by Crippen LogP contribution is -2.11. The van der Waals surface area contributed by atoms with Gasteiger partial charge in [0.15, 0.2) is 0 Å². The molecular formula is C12H20ClN3O2. The van der Waals surface area contributed by atoms with Crippen molar-refractivity contribution in [2.75, 3.05) is 6.54 Å². The van der Waals surface area contributed by atoms with Gasteiger partial charge in [0.1, 0.15) is 0 Å². The van der Waals surface area contributed by atoms with Gasteiger partial charge in [-0.25, -0.2) is 0 Å². The fraction of sp³-hybridized carbons (Fsp3) is 0.500. The number of hydrogen-bond donors (Lipinski definition) is 2. The van der Waals surface area contributed by atoms with Crippen LogP contribution in [0.2, 0.25) is 0 Å². The average Bonchev–Trinajstić information content (AvgIpc) is 2.29. The topological polar surface area (TPSA) is 95.2 Å². The first-order valence-corrected chi connectivity index (χ1v) is 5.77. The number of nitrogens with zero attached hydrogens (tertiary/aromatic N) is 1. The molecular weight excluding hydrogens is 254 g/mol. The van der Waals surface area contributed by atoms with E-state index in [0.717, 1.165) is 24.8 Å². The standard InChI is InChI=1S/C12H19N3O2.ClH/c1-9-5-6-10(8-12(9)15(16)17)11(14)4-2-3-7-13;/h5-6,8,11H,2-4,7,13-14H2,1H3;1H/t11-;/m1./s1. The minimum atomic E-state index is -0.370. The molecule has 0 amide bonds. The second-order valence-electron chi connectivity index (χ2n) is 4.19. The lowest BCUT2D eigenvalue weighted by molar-refractivity contribution is -0.385. The summed E-state index contributed by atoms with van der Waals surface area (Å²) < 4.78 is 0. The quantitative estimate of drug-likeness (QED) is 0.473. The summed E-state index contributed by atoms with van der Waals surface area (Å²) in [4.78, 5) is 10.4. The zero-order valence-corrected chi connectivity index (χ0v) is 11.3. The van der Waals surface area contributed by atoms with Crippen LogP contribution in [0.15, 0.2) is 18.2 Å². The molecule has 0 aliphatic heterocycles. The van der Waals surface area contributed by atoms with Crippen LogP contribution in [0.5, 0.6) is 0 Å². The Morgan fingerprint density at radius 3 is 2.61 bits per heavy atom. The number of halogens is 1. The molecule has 18 heavy (non-hydrogen) atoms. The van der Waals surface area contributed by atoms with Gasteiger partial charge in [0.2, 0.25) is 0 Å². The summed E-state index contributed by atoms with van der Waals surface area (Å²) in [5.74, 6) is 0. The molecule has 1 aromatic carbocycles. The van der Waals surface area contributed by atoms with Gasteiger partial charge in [-0.1, -0.05) is 18.6 Å². The van der Waals surface area contributed by atoms with E-state index in [1.165, 1.54) is 0 Å². The van der Waals surface area contributed by atoms with E-state index in [2.05, 4.69) is 0 Å². The summed E-state index contributed by atoms with van der Waals surface area (Å²) in [6, 6.07) is 5.02. The number of nitro groups is 1. The third-order valence-corrected chi connectivity index (χ3v) is 2.83. The molecule has 0 aromatic heterocycles. The number of rotatable bonds is 6. The van der Waals surface area contributed by atoms with Crippen LogP contribution in [0, 0.1) is 17.0 Å². The summed E-state index contributed by atoms with van der Waals surface area (Å²) in [7, 11) is 0. The Kier molecular flexibility index (Phi) is 7.50. The maximum Gasteiger partial charge on any atom is 0.272 e. The molecule has 0 fully saturated rings. The van der Waals surface area contributed by atoms with Crippen molar-refractivity contribution in [2.24, 2.45) is 11.5 Å². The molecule has 0 radical (unpaired) electrons. The predicted molar refractivity (Wildman–Crippen MR) is 74.9 cm³/mol. The van der Waals surface area contributed by atoms with Crippen LogP contribution in [0.4, 0.5) is 5.69 Å². The van der Waals surface area contributed by atoms with E-state index in [1.54, 1.807) is 19.1 Å². The van der Waals surface area contributed by atoms with E-state index in [4.69, 9.17) is 11.5 Å². The third-order valence-electron chi connectivity index (χ3n) is 2.83. The van der Waals surface area contributed by atoms with Crippen molar-refractivity contribution in [2.45, 2.75) is 32.2 Å². The Morgan fingerprint density at radius 2 is 2.06 bits per heavy atom. The fourth-order valence-electron chi connectivity index (χ4n) is 1.73. The highest BCUT2D eigenvalue weighted by atomic mass is 35.5. The van der Waals surface area contributed by atoms with Crippen LogP contribution in [0.25, 0.3) is 0 Å². The van der Waals surface area contributed by atoms with Crippen LogP contribution < -0.4 is 11.5 Å². The summed E-state index contributed by atoms with van der Waals surface area (Å²) >= 11 is 0. The number of nitro benzene ring substituents is 1. The first kappa shape index (κ1) is 16.8. The summed E-state index contributed by atoms with van der Waals surface area (Å²) in [6.45, 7) is 2.38. The molecule has 4 N–H and O–H groups in total. The normalized spacial score (nSPS) is 11.7. The second kappa shape index (κ2) is 8.02. The van der Waals surface area contributed by atoms with Crippen LogP contribution in [-0.2, 0) is 0 Å². The summed E-state index contributed by atoms with van der Waals surface area (Å²) in [5, 5.41) is 10.8. The smallest absolute Gasteiger partial charge is 0.272 e. The Balaban J connectivity index is 0.00000289. The van der Waals surface area contributed by atoms with E-state index < -0.39 is 0 Å². The maximum atomic E-state index is 10.8. The van der Waals surface area contributed by atoms with Gasteiger partial charge in [-0.15, -0.1) is 12.4 Å². The van der Waals surface area contributed by atoms with Crippen molar-refractivity contribution in [3.05, 3.63) is 39.4 Å². The molecule has 0 spiro atoms. The highest BCUT2D eigenvalue weighted by Gasteiger charge is 2.14. The molecule has 0 heterocycles. The first-order valence-electron chi connectivity index (χ1n) is 5.77. The summed E-state index contributed by atoms with van der Waals surface area (Å²) in [5.41, 5.74) is 13.0. The van der Waals surface area contributed by atoms with Gasteiger partial charge in [0.05, 0.1) is 4.92 Å². The second-order valence-corrected chi connectivity index (χ2v) is 4.19. The molecule has 0 aliphatic rings. The molecule has 1 aromatic rings. The van der Waals surface area contributed by atoms with Crippen LogP contribution in [0.3, 0.4) is 0 Å². The van der Waals surface area contributed by atoms with Gasteiger partial charge in [-0.2, -0.15) is 0 Å². The average molecular weight is 274 g/mol. The molecule has 5 nitrogen and oxygen atoms in total. The number of hydrogen-bond acceptors (Lipinski definition) is 4. The molecule has 102 valence electrons. The lowest BCUT2D eigenvalue weighted by atomic mass is 10.00. The van der Waals surface area contributed by atoms with Gasteiger partial charge >= 0.3 is 0 Å². The molecule has 6 heteroatoms. The van der Waals surface area contributed by atoms with Crippen molar-refractivity contribution in [3.8, 4) is 0 Å². The zero-order valence-electron chi connectivity index (χ0n) is 10.5. The van der Waals surface area contributed by atoms with Crippen LogP contribution >= 0.6 is 12.4 Å². The van der Waals surface area contributed by atoms with Gasteiger partial charge in [0.25, 0.3) is 5.69 Å². The highest BCUT2D eigenvalue weighted by molar-refractivity contribution is 5.85. The van der Waals surface area contributed by atoms with Crippen LogP contribution in [0.1, 0.15) is 36.4 Å². The molecule has 0 bridgehead atoms. The van der Waals surface area contributed by atoms with Crippen molar-refractivity contribution in [1.82, 2.24) is 0 Å². The van der Waals surface area contributed by atoms with E-state index in [0.29, 0.717) is 12.1 Å². The Hall–Kier alpha value is -1.17. The number of benzene rings is 1. The Bertz CT molecular complexity index is 399. The maximum absolute atomic E-state index is 10.8. The van der Waals surface area contributed by atoms with Crippen molar-refractivity contribution in [1.29, 1.82) is 0 Å². The van der Waals surface area contributed by atoms with Crippen molar-refractivity contribution in [3.63, 3.8) is 0 Å². The molecule has 1 atom stereocenters. The first-order chi connectivity index (χ1) is 8.06. The minimum Gasteiger partial charge on any atom is -0.330 e. The number of unbranched alkanes of at least 4 members (excludes halogenated alkanes) is 1. The summed E-state index contributed by atoms with van der Waals surface area (Å²) in [6.07, 6.45) is 2.68. The largest absolute Gasteiger partial charge is 0.330 e. The van der Waals surface area contributed by atoms with E-state index in [1.807, 2.05) is 6.07 Å². The number of aryl methyl sites for hydroxylation is 1. The van der Waals surface area contributed by atoms with Crippen molar-refractivity contribution < 1.29 is 4.92 Å². The highest BCUT2D eigenvalue weighted by Crippen LogP contribution is 2.24. The van der Waals surface area contributed by atoms with E-state index in [9.17, 15) is 10.1 Å². The van der Waals surface area contributed by atoms with E-state index in [-0.39, 0.29) is 29.1 Å². The monoisotopic (exact) mass is 273 g/mol. The SMILES string of the molecule is Cc1ccc([C@H](N)CCCCN)cc1[N+](=O)[O-].Cl. The van der Waals surface area contributed by atoms with Gasteiger partial charge in [0, 0.05) is 17.7 Å². The Morgan fingerprint density at radius 1 is 1.39 bits per heavy atom. The van der Waals surface area contributed by atoms with Crippen molar-refractivity contribution >= 4 is 18.1 Å².